The normalized spacial score (nSPS) is 18.4. The van der Waals surface area contributed by atoms with Crippen molar-refractivity contribution in [1.29, 1.82) is 0 Å². The molecule has 7 nitrogen and oxygen atoms in total. The molecule has 1 amide bonds. The molecule has 1 aromatic carbocycles. The lowest BCUT2D eigenvalue weighted by Crippen LogP contribution is -2.26. The molecule has 4 rings (SSSR count). The van der Waals surface area contributed by atoms with E-state index in [2.05, 4.69) is 15.3 Å². The first-order valence-electron chi connectivity index (χ1n) is 9.31. The fraction of sp³-hybridized carbons (Fsp3) is 0.350. The maximum absolute atomic E-state index is 13.6. The third kappa shape index (κ3) is 4.34. The average molecular weight is 453 g/mol. The van der Waals surface area contributed by atoms with Crippen LogP contribution in [-0.4, -0.2) is 28.3 Å². The smallest absolute Gasteiger partial charge is 0.355 e. The number of amides is 1. The zero-order chi connectivity index (χ0) is 22.4. The molecule has 0 spiro atoms. The van der Waals surface area contributed by atoms with Gasteiger partial charge in [-0.05, 0) is 26.0 Å². The van der Waals surface area contributed by atoms with Gasteiger partial charge in [0.25, 0.3) is 0 Å². The number of aromatic amines is 1. The number of nitrogens with zero attached hydrogens (tertiary/aromatic N) is 1. The highest BCUT2D eigenvalue weighted by molar-refractivity contribution is 7.13. The Morgan fingerprint density at radius 1 is 1.39 bits per heavy atom. The third-order valence-corrected chi connectivity index (χ3v) is 5.51. The summed E-state index contributed by atoms with van der Waals surface area (Å²) in [4.78, 5) is 32.4. The molecule has 1 aliphatic rings. The number of thiazole rings is 1. The van der Waals surface area contributed by atoms with Crippen molar-refractivity contribution in [3.63, 3.8) is 0 Å². The monoisotopic (exact) mass is 453 g/mol. The Morgan fingerprint density at radius 2 is 2.16 bits per heavy atom. The topological polar surface area (TPSA) is 93.3 Å². The highest BCUT2D eigenvalue weighted by Gasteiger charge is 2.38. The van der Waals surface area contributed by atoms with E-state index in [1.807, 2.05) is 0 Å². The fourth-order valence-electron chi connectivity index (χ4n) is 3.50. The number of rotatable bonds is 4. The van der Waals surface area contributed by atoms with E-state index in [0.29, 0.717) is 5.13 Å². The second-order valence-electron chi connectivity index (χ2n) is 7.45. The highest BCUT2D eigenvalue weighted by atomic mass is 32.1. The van der Waals surface area contributed by atoms with Crippen molar-refractivity contribution >= 4 is 33.3 Å². The van der Waals surface area contributed by atoms with Crippen LogP contribution in [-0.2, 0) is 26.9 Å². The lowest BCUT2D eigenvalue weighted by molar-refractivity contribution is -0.140. The predicted octanol–water partition coefficient (Wildman–Crippen LogP) is 4.01. The number of fused-ring (bicyclic) bond motifs is 1. The van der Waals surface area contributed by atoms with Crippen LogP contribution in [0.25, 0.3) is 10.9 Å². The molecule has 1 atom stereocenters. The number of ether oxygens (including phenoxy) is 2. The van der Waals surface area contributed by atoms with Crippen molar-refractivity contribution in [1.82, 2.24) is 9.97 Å². The number of benzene rings is 1. The Hall–Kier alpha value is -2.76. The third-order valence-electron chi connectivity index (χ3n) is 4.82. The van der Waals surface area contributed by atoms with Gasteiger partial charge in [0.2, 0.25) is 5.91 Å². The summed E-state index contributed by atoms with van der Waals surface area (Å²) in [5, 5.41) is 4.45. The average Bonchev–Trinajstić information content (AvgIpc) is 3.31. The molecule has 31 heavy (non-hydrogen) atoms. The van der Waals surface area contributed by atoms with Gasteiger partial charge in [0, 0.05) is 22.5 Å². The van der Waals surface area contributed by atoms with Crippen LogP contribution in [0.15, 0.2) is 34.6 Å². The summed E-state index contributed by atoms with van der Waals surface area (Å²) in [6.07, 6.45) is -4.36. The van der Waals surface area contributed by atoms with Crippen LogP contribution < -0.4 is 10.7 Å². The van der Waals surface area contributed by atoms with E-state index in [1.165, 1.54) is 23.6 Å². The van der Waals surface area contributed by atoms with Gasteiger partial charge in [0.05, 0.1) is 29.8 Å². The summed E-state index contributed by atoms with van der Waals surface area (Å²) < 4.78 is 52.0. The molecule has 0 bridgehead atoms. The van der Waals surface area contributed by atoms with Crippen molar-refractivity contribution in [2.45, 2.75) is 38.3 Å². The summed E-state index contributed by atoms with van der Waals surface area (Å²) in [5.41, 5.74) is -1.88. The first kappa shape index (κ1) is 21.5. The largest absolute Gasteiger partial charge is 0.418 e. The minimum Gasteiger partial charge on any atom is -0.355 e. The van der Waals surface area contributed by atoms with E-state index < -0.39 is 35.0 Å². The van der Waals surface area contributed by atoms with Crippen LogP contribution in [0, 0.1) is 0 Å². The first-order chi connectivity index (χ1) is 14.5. The van der Waals surface area contributed by atoms with Crippen molar-refractivity contribution < 1.29 is 27.4 Å². The number of pyridine rings is 1. The molecule has 2 aromatic heterocycles. The van der Waals surface area contributed by atoms with E-state index in [4.69, 9.17) is 9.47 Å². The predicted molar refractivity (Wildman–Crippen MR) is 108 cm³/mol. The number of hydrogen-bond acceptors (Lipinski definition) is 6. The summed E-state index contributed by atoms with van der Waals surface area (Å²) in [7, 11) is 0. The van der Waals surface area contributed by atoms with E-state index in [1.54, 1.807) is 19.2 Å². The Balaban J connectivity index is 1.84. The number of alkyl halides is 3. The number of nitrogens with one attached hydrogen (secondary N) is 2. The zero-order valence-electron chi connectivity index (χ0n) is 16.5. The van der Waals surface area contributed by atoms with Crippen LogP contribution in [0.1, 0.15) is 36.8 Å². The lowest BCUT2D eigenvalue weighted by Gasteiger charge is -2.20. The van der Waals surface area contributed by atoms with Crippen molar-refractivity contribution in [3.05, 3.63) is 56.8 Å². The Morgan fingerprint density at radius 3 is 2.77 bits per heavy atom. The maximum atomic E-state index is 13.6. The molecule has 1 saturated heterocycles. The fourth-order valence-corrected chi connectivity index (χ4v) is 4.04. The molecular weight excluding hydrogens is 435 g/mol. The summed E-state index contributed by atoms with van der Waals surface area (Å²) in [6, 6.07) is 3.36. The number of carbonyl (C=O) groups excluding carboxylic acids is 1. The van der Waals surface area contributed by atoms with E-state index >= 15 is 0 Å². The Kier molecular flexibility index (Phi) is 5.36. The van der Waals surface area contributed by atoms with Gasteiger partial charge in [-0.25, -0.2) is 4.98 Å². The molecule has 0 saturated carbocycles. The van der Waals surface area contributed by atoms with Gasteiger partial charge in [0.1, 0.15) is 6.10 Å². The second kappa shape index (κ2) is 7.74. The summed E-state index contributed by atoms with van der Waals surface area (Å²) in [5.74, 6) is -1.51. The Labute approximate surface area is 178 Å². The molecule has 1 aliphatic heterocycles. The molecule has 0 aliphatic carbocycles. The van der Waals surface area contributed by atoms with E-state index in [0.717, 1.165) is 12.1 Å². The second-order valence-corrected chi connectivity index (χ2v) is 8.35. The van der Waals surface area contributed by atoms with Crippen LogP contribution >= 0.6 is 11.3 Å². The van der Waals surface area contributed by atoms with Gasteiger partial charge < -0.3 is 19.8 Å². The molecule has 164 valence electrons. The highest BCUT2D eigenvalue weighted by Crippen LogP contribution is 2.37. The number of para-hydroxylation sites is 1. The minimum atomic E-state index is -4.67. The Bertz CT molecular complexity index is 1190. The van der Waals surface area contributed by atoms with E-state index in [-0.39, 0.29) is 35.2 Å². The molecule has 1 fully saturated rings. The number of anilines is 1. The van der Waals surface area contributed by atoms with Crippen LogP contribution in [0.4, 0.5) is 18.3 Å². The first-order valence-corrected chi connectivity index (χ1v) is 10.2. The number of halogens is 3. The number of H-pyrrole nitrogens is 1. The molecule has 3 aromatic rings. The van der Waals surface area contributed by atoms with E-state index in [9.17, 15) is 22.8 Å². The summed E-state index contributed by atoms with van der Waals surface area (Å²) >= 11 is 1.20. The lowest BCUT2D eigenvalue weighted by atomic mass is 10.00. The SMILES string of the molecule is CC1(C)OCC(c2[nH]c3c(C(F)(F)F)cccc3c(=O)c2CC(=O)Nc2nccs2)O1. The van der Waals surface area contributed by atoms with Gasteiger partial charge in [-0.3, -0.25) is 9.59 Å². The van der Waals surface area contributed by atoms with Crippen LogP contribution in [0.5, 0.6) is 0 Å². The molecule has 3 heterocycles. The maximum Gasteiger partial charge on any atom is 0.418 e. The molecule has 1 unspecified atom stereocenters. The molecule has 2 N–H and O–H groups in total. The van der Waals surface area contributed by atoms with Gasteiger partial charge in [-0.1, -0.05) is 6.07 Å². The standard InChI is InChI=1S/C20H18F3N3O4S/c1-19(2)29-9-13(30-19)16-11(8-14(27)25-18-24-6-7-31-18)17(28)10-4-3-5-12(15(10)26-16)20(21,22)23/h3-7,13H,8-9H2,1-2H3,(H,26,28)(H,24,25,27). The van der Waals surface area contributed by atoms with Crippen LogP contribution in [0.2, 0.25) is 0 Å². The van der Waals surface area contributed by atoms with Crippen molar-refractivity contribution in [2.75, 3.05) is 11.9 Å². The zero-order valence-corrected chi connectivity index (χ0v) is 17.3. The minimum absolute atomic E-state index is 0.0176. The van der Waals surface area contributed by atoms with Gasteiger partial charge in [0.15, 0.2) is 16.3 Å². The van der Waals surface area contributed by atoms with Crippen LogP contribution in [0.3, 0.4) is 0 Å². The molecule has 0 radical (unpaired) electrons. The molecular formula is C20H18F3N3O4S. The number of carbonyl (C=O) groups is 1. The summed E-state index contributed by atoms with van der Waals surface area (Å²) in [6.45, 7) is 3.33. The van der Waals surface area contributed by atoms with Gasteiger partial charge >= 0.3 is 6.18 Å². The van der Waals surface area contributed by atoms with Crippen molar-refractivity contribution in [3.8, 4) is 0 Å². The number of hydrogen-bond donors (Lipinski definition) is 2. The van der Waals surface area contributed by atoms with Gasteiger partial charge in [-0.2, -0.15) is 13.2 Å². The molecule has 11 heteroatoms. The quantitative estimate of drug-likeness (QED) is 0.623. The number of aromatic nitrogens is 2. The van der Waals surface area contributed by atoms with Crippen molar-refractivity contribution in [2.24, 2.45) is 0 Å². The van der Waals surface area contributed by atoms with Gasteiger partial charge in [-0.15, -0.1) is 11.3 Å².